The zero-order valence-corrected chi connectivity index (χ0v) is 14.8. The molecule has 0 bridgehead atoms. The van der Waals surface area contributed by atoms with E-state index in [4.69, 9.17) is 26.2 Å². The zero-order chi connectivity index (χ0) is 21.9. The molecule has 8 N–H and O–H groups in total. The van der Waals surface area contributed by atoms with Crippen molar-refractivity contribution in [1.29, 1.82) is 0 Å². The topological polar surface area (TPSA) is 233 Å². The van der Waals surface area contributed by atoms with Gasteiger partial charge in [0.05, 0.1) is 0 Å². The van der Waals surface area contributed by atoms with Gasteiger partial charge in [0, 0.05) is 19.3 Å². The van der Waals surface area contributed by atoms with E-state index in [1.807, 2.05) is 0 Å². The Morgan fingerprint density at radius 1 is 0.679 bits per heavy atom. The number of carbonyl (C=O) groups is 6. The summed E-state index contributed by atoms with van der Waals surface area (Å²) in [6.07, 6.45) is -2.40. The van der Waals surface area contributed by atoms with Crippen molar-refractivity contribution < 1.29 is 49.2 Å². The lowest BCUT2D eigenvalue weighted by Crippen LogP contribution is -2.52. The van der Waals surface area contributed by atoms with Crippen molar-refractivity contribution in [2.45, 2.75) is 56.7 Å². The Balaban J connectivity index is 4.99. The lowest BCUT2D eigenvalue weighted by Gasteiger charge is -2.21. The summed E-state index contributed by atoms with van der Waals surface area (Å²) in [6.45, 7) is 0. The first kappa shape index (κ1) is 24.8. The van der Waals surface area contributed by atoms with Crippen LogP contribution >= 0.6 is 0 Å². The van der Waals surface area contributed by atoms with E-state index >= 15 is 0 Å². The number of carboxylic acids is 4. The van der Waals surface area contributed by atoms with E-state index in [9.17, 15) is 28.8 Å². The van der Waals surface area contributed by atoms with Crippen molar-refractivity contribution in [3.8, 4) is 0 Å². The van der Waals surface area contributed by atoms with Crippen molar-refractivity contribution in [3.63, 3.8) is 0 Å². The van der Waals surface area contributed by atoms with Crippen molar-refractivity contribution in [1.82, 2.24) is 10.6 Å². The monoisotopic (exact) mass is 405 g/mol. The Morgan fingerprint density at radius 2 is 1.18 bits per heavy atom. The maximum absolute atomic E-state index is 12.2. The Kier molecular flexibility index (Phi) is 10.8. The van der Waals surface area contributed by atoms with Crippen molar-refractivity contribution >= 4 is 35.7 Å². The number of nitrogens with two attached hydrogens (primary N) is 1. The molecule has 0 saturated heterocycles. The summed E-state index contributed by atoms with van der Waals surface area (Å²) in [5, 5.41) is 39.3. The molecule has 13 nitrogen and oxygen atoms in total. The van der Waals surface area contributed by atoms with E-state index in [2.05, 4.69) is 10.6 Å². The molecule has 0 aromatic rings. The van der Waals surface area contributed by atoms with Gasteiger partial charge in [-0.15, -0.1) is 0 Å². The highest BCUT2D eigenvalue weighted by molar-refractivity contribution is 5.91. The number of carbonyl (C=O) groups excluding carboxylic acids is 2. The summed E-state index contributed by atoms with van der Waals surface area (Å²) in [7, 11) is 0. The van der Waals surface area contributed by atoms with Gasteiger partial charge in [-0.1, -0.05) is 0 Å². The first-order valence-electron chi connectivity index (χ1n) is 8.18. The van der Waals surface area contributed by atoms with Crippen LogP contribution in [0.15, 0.2) is 0 Å². The fourth-order valence-electron chi connectivity index (χ4n) is 2.01. The van der Waals surface area contributed by atoms with Crippen LogP contribution in [-0.4, -0.2) is 74.2 Å². The van der Waals surface area contributed by atoms with Gasteiger partial charge in [-0.25, -0.2) is 4.79 Å². The van der Waals surface area contributed by atoms with Gasteiger partial charge in [-0.05, 0) is 19.3 Å². The van der Waals surface area contributed by atoms with Gasteiger partial charge in [0.25, 0.3) is 0 Å². The van der Waals surface area contributed by atoms with Gasteiger partial charge in [0.15, 0.2) is 0 Å². The summed E-state index contributed by atoms with van der Waals surface area (Å²) in [6, 6.07) is -4.26. The van der Waals surface area contributed by atoms with Gasteiger partial charge >= 0.3 is 23.9 Å². The first-order chi connectivity index (χ1) is 12.9. The molecule has 0 aliphatic carbocycles. The minimum Gasteiger partial charge on any atom is -0.481 e. The van der Waals surface area contributed by atoms with E-state index in [0.717, 1.165) is 0 Å². The molecule has 2 amide bonds. The fraction of sp³-hybridized carbons (Fsp3) is 0.600. The van der Waals surface area contributed by atoms with Crippen molar-refractivity contribution in [3.05, 3.63) is 0 Å². The molecule has 0 aliphatic heterocycles. The molecular weight excluding hydrogens is 382 g/mol. The molecule has 3 unspecified atom stereocenters. The smallest absolute Gasteiger partial charge is 0.326 e. The Labute approximate surface area is 158 Å². The molecule has 13 heteroatoms. The van der Waals surface area contributed by atoms with Gasteiger partial charge < -0.3 is 36.8 Å². The molecule has 0 aromatic carbocycles. The summed E-state index contributed by atoms with van der Waals surface area (Å²) in [5.41, 5.74) is 5.26. The van der Waals surface area contributed by atoms with Gasteiger partial charge in [-0.3, -0.25) is 24.0 Å². The normalized spacial score (nSPS) is 13.6. The molecule has 158 valence electrons. The number of carboxylic acid groups (broad SMARTS) is 4. The lowest BCUT2D eigenvalue weighted by molar-refractivity contribution is -0.144. The van der Waals surface area contributed by atoms with Crippen LogP contribution in [0, 0.1) is 0 Å². The van der Waals surface area contributed by atoms with Crippen LogP contribution in [0.25, 0.3) is 0 Å². The second-order valence-corrected chi connectivity index (χ2v) is 5.87. The Morgan fingerprint density at radius 3 is 1.61 bits per heavy atom. The average Bonchev–Trinajstić information content (AvgIpc) is 2.58. The van der Waals surface area contributed by atoms with Crippen LogP contribution < -0.4 is 16.4 Å². The molecular formula is C15H23N3O10. The standard InChI is InChI=1S/C15H23N3O10/c16-7(14(25)26)1-4-10(19)17-8(2-5-11(20)21)13(24)18-9(15(27)28)3-6-12(22)23/h7-9H,1-6,16H2,(H,17,19)(H,18,24)(H,20,21)(H,22,23)(H,25,26)(H,27,28). The molecule has 0 fully saturated rings. The molecule has 28 heavy (non-hydrogen) atoms. The summed E-state index contributed by atoms with van der Waals surface area (Å²) in [4.78, 5) is 67.2. The maximum Gasteiger partial charge on any atom is 0.326 e. The molecule has 0 radical (unpaired) electrons. The number of rotatable bonds is 14. The lowest BCUT2D eigenvalue weighted by atomic mass is 10.1. The predicted molar refractivity (Wildman–Crippen MR) is 90.1 cm³/mol. The largest absolute Gasteiger partial charge is 0.481 e. The van der Waals surface area contributed by atoms with Gasteiger partial charge in [-0.2, -0.15) is 0 Å². The van der Waals surface area contributed by atoms with Crippen molar-refractivity contribution in [2.75, 3.05) is 0 Å². The van der Waals surface area contributed by atoms with E-state index in [-0.39, 0.29) is 19.3 Å². The molecule has 0 spiro atoms. The van der Waals surface area contributed by atoms with E-state index in [1.54, 1.807) is 0 Å². The summed E-state index contributed by atoms with van der Waals surface area (Å²) < 4.78 is 0. The second kappa shape index (κ2) is 12.2. The fourth-order valence-corrected chi connectivity index (χ4v) is 2.01. The summed E-state index contributed by atoms with van der Waals surface area (Å²) >= 11 is 0. The Hall–Kier alpha value is -3.22. The zero-order valence-electron chi connectivity index (χ0n) is 14.8. The minimum absolute atomic E-state index is 0.231. The van der Waals surface area contributed by atoms with Gasteiger partial charge in [0.1, 0.15) is 18.1 Å². The number of hydrogen-bond donors (Lipinski definition) is 7. The average molecular weight is 405 g/mol. The number of aliphatic carboxylic acids is 4. The third-order valence-electron chi connectivity index (χ3n) is 3.56. The highest BCUT2D eigenvalue weighted by atomic mass is 16.4. The number of amides is 2. The third kappa shape index (κ3) is 10.7. The summed E-state index contributed by atoms with van der Waals surface area (Å²) in [5.74, 6) is -7.14. The molecule has 0 saturated carbocycles. The maximum atomic E-state index is 12.2. The van der Waals surface area contributed by atoms with Crippen LogP contribution in [0.3, 0.4) is 0 Å². The second-order valence-electron chi connectivity index (χ2n) is 5.87. The molecule has 0 aromatic heterocycles. The van der Waals surface area contributed by atoms with Crippen LogP contribution in [-0.2, 0) is 28.8 Å². The highest BCUT2D eigenvalue weighted by Gasteiger charge is 2.27. The minimum atomic E-state index is -1.55. The molecule has 0 heterocycles. The van der Waals surface area contributed by atoms with Gasteiger partial charge in [0.2, 0.25) is 11.8 Å². The third-order valence-corrected chi connectivity index (χ3v) is 3.56. The number of hydrogen-bond acceptors (Lipinski definition) is 7. The Bertz CT molecular complexity index is 621. The molecule has 3 atom stereocenters. The first-order valence-corrected chi connectivity index (χ1v) is 8.18. The quantitative estimate of drug-likeness (QED) is 0.166. The number of nitrogens with one attached hydrogen (secondary N) is 2. The van der Waals surface area contributed by atoms with Crippen molar-refractivity contribution in [2.24, 2.45) is 5.73 Å². The molecule has 0 aliphatic rings. The molecule has 0 rings (SSSR count). The van der Waals surface area contributed by atoms with Crippen LogP contribution in [0.2, 0.25) is 0 Å². The van der Waals surface area contributed by atoms with Crippen LogP contribution in [0.5, 0.6) is 0 Å². The van der Waals surface area contributed by atoms with Crippen LogP contribution in [0.1, 0.15) is 38.5 Å². The highest BCUT2D eigenvalue weighted by Crippen LogP contribution is 2.04. The van der Waals surface area contributed by atoms with Crippen LogP contribution in [0.4, 0.5) is 0 Å². The van der Waals surface area contributed by atoms with E-state index in [0.29, 0.717) is 0 Å². The predicted octanol–water partition coefficient (Wildman–Crippen LogP) is -2.04. The van der Waals surface area contributed by atoms with E-state index in [1.165, 1.54) is 0 Å². The van der Waals surface area contributed by atoms with E-state index < -0.39 is 73.1 Å². The SMILES string of the molecule is NC(CCC(=O)NC(CCC(=O)O)C(=O)NC(CCC(=O)O)C(=O)O)C(=O)O.